The molecule has 0 bridgehead atoms. The molecule has 1 aliphatic rings. The Balaban J connectivity index is 1.36. The predicted octanol–water partition coefficient (Wildman–Crippen LogP) is 5.51. The van der Waals surface area contributed by atoms with Gasteiger partial charge in [-0.1, -0.05) is 53.5 Å². The van der Waals surface area contributed by atoms with E-state index < -0.39 is 0 Å². The van der Waals surface area contributed by atoms with Crippen LogP contribution in [0.1, 0.15) is 23.7 Å². The Bertz CT molecular complexity index is 998. The van der Waals surface area contributed by atoms with E-state index >= 15 is 0 Å². The Hall–Kier alpha value is -2.56. The first kappa shape index (κ1) is 17.8. The van der Waals surface area contributed by atoms with Crippen LogP contribution in [0, 0.1) is 5.92 Å². The fraction of sp³-hybridized carbons (Fsp3) is 0.143. The van der Waals surface area contributed by atoms with Crippen LogP contribution >= 0.6 is 23.2 Å². The first-order valence-corrected chi connectivity index (χ1v) is 9.30. The van der Waals surface area contributed by atoms with Crippen LogP contribution < -0.4 is 5.43 Å². The lowest BCUT2D eigenvalue weighted by atomic mass is 10.1. The van der Waals surface area contributed by atoms with Crippen LogP contribution in [0.3, 0.4) is 0 Å². The molecule has 136 valence electrons. The van der Waals surface area contributed by atoms with Gasteiger partial charge < -0.3 is 4.42 Å². The summed E-state index contributed by atoms with van der Waals surface area (Å²) >= 11 is 12.2. The maximum absolute atomic E-state index is 12.2. The van der Waals surface area contributed by atoms with Crippen LogP contribution in [0.2, 0.25) is 10.0 Å². The average Bonchev–Trinajstić information content (AvgIpc) is 3.36. The third kappa shape index (κ3) is 4.07. The molecule has 0 aliphatic heterocycles. The number of hydrogen-bond acceptors (Lipinski definition) is 3. The van der Waals surface area contributed by atoms with E-state index in [1.54, 1.807) is 30.3 Å². The zero-order valence-electron chi connectivity index (χ0n) is 14.2. The third-order valence-corrected chi connectivity index (χ3v) is 5.11. The molecule has 1 heterocycles. The second-order valence-electron chi connectivity index (χ2n) is 6.42. The normalized spacial score (nSPS) is 18.6. The molecule has 4 rings (SSSR count). The molecule has 1 aliphatic carbocycles. The number of nitrogens with one attached hydrogen (secondary N) is 1. The molecular formula is C21H16Cl2N2O2. The highest BCUT2D eigenvalue weighted by atomic mass is 35.5. The van der Waals surface area contributed by atoms with Gasteiger partial charge in [0.25, 0.3) is 0 Å². The first-order chi connectivity index (χ1) is 13.1. The monoisotopic (exact) mass is 398 g/mol. The van der Waals surface area contributed by atoms with Gasteiger partial charge in [0.05, 0.1) is 11.2 Å². The number of benzene rings is 2. The van der Waals surface area contributed by atoms with E-state index in [0.717, 1.165) is 6.42 Å². The molecule has 1 N–H and O–H groups in total. The van der Waals surface area contributed by atoms with Gasteiger partial charge in [0.2, 0.25) is 5.91 Å². The van der Waals surface area contributed by atoms with Crippen LogP contribution in [0.5, 0.6) is 0 Å². The van der Waals surface area contributed by atoms with E-state index in [4.69, 9.17) is 27.6 Å². The van der Waals surface area contributed by atoms with Gasteiger partial charge in [-0.05, 0) is 48.2 Å². The Kier molecular flexibility index (Phi) is 5.01. The summed E-state index contributed by atoms with van der Waals surface area (Å²) in [6.07, 6.45) is 2.32. The summed E-state index contributed by atoms with van der Waals surface area (Å²) in [5.74, 6) is 1.27. The summed E-state index contributed by atoms with van der Waals surface area (Å²) in [7, 11) is 0. The quantitative estimate of drug-likeness (QED) is 0.455. The molecule has 0 radical (unpaired) electrons. The molecule has 0 unspecified atom stereocenters. The highest BCUT2D eigenvalue weighted by Crippen LogP contribution is 2.47. The Morgan fingerprint density at radius 2 is 1.93 bits per heavy atom. The fourth-order valence-electron chi connectivity index (χ4n) is 3.05. The molecule has 0 spiro atoms. The van der Waals surface area contributed by atoms with Gasteiger partial charge in [-0.25, -0.2) is 5.43 Å². The standard InChI is InChI=1S/C21H16Cl2N2O2/c22-14-6-8-19(23)18(10-14)20-9-7-15(27-20)12-24-25-21(26)17-11-16(17)13-4-2-1-3-5-13/h1-10,12,16-17H,11H2,(H,25,26)/t16-,17+/m1/s1. The summed E-state index contributed by atoms with van der Waals surface area (Å²) in [4.78, 5) is 12.2. The molecule has 1 saturated carbocycles. The molecule has 6 heteroatoms. The number of hydrazone groups is 1. The predicted molar refractivity (Wildman–Crippen MR) is 107 cm³/mol. The van der Waals surface area contributed by atoms with Crippen molar-refractivity contribution in [3.63, 3.8) is 0 Å². The van der Waals surface area contributed by atoms with Crippen LogP contribution in [-0.2, 0) is 4.79 Å². The number of rotatable bonds is 5. The average molecular weight is 399 g/mol. The number of nitrogens with zero attached hydrogens (tertiary/aromatic N) is 1. The molecule has 2 atom stereocenters. The van der Waals surface area contributed by atoms with Crippen LogP contribution in [0.25, 0.3) is 11.3 Å². The largest absolute Gasteiger partial charge is 0.455 e. The lowest BCUT2D eigenvalue weighted by Gasteiger charge is -2.01. The van der Waals surface area contributed by atoms with Crippen molar-refractivity contribution in [3.8, 4) is 11.3 Å². The van der Waals surface area contributed by atoms with Gasteiger partial charge in [0.1, 0.15) is 11.5 Å². The second kappa shape index (κ2) is 7.59. The minimum Gasteiger partial charge on any atom is -0.455 e. The molecule has 3 aromatic rings. The number of carbonyl (C=O) groups is 1. The van der Waals surface area contributed by atoms with E-state index in [9.17, 15) is 4.79 Å². The zero-order valence-corrected chi connectivity index (χ0v) is 15.7. The number of carbonyl (C=O) groups excluding carboxylic acids is 1. The lowest BCUT2D eigenvalue weighted by molar-refractivity contribution is -0.122. The molecule has 27 heavy (non-hydrogen) atoms. The van der Waals surface area contributed by atoms with Crippen LogP contribution in [0.15, 0.2) is 70.2 Å². The number of hydrogen-bond donors (Lipinski definition) is 1. The summed E-state index contributed by atoms with van der Waals surface area (Å²) in [5, 5.41) is 5.12. The van der Waals surface area contributed by atoms with Crippen molar-refractivity contribution in [3.05, 3.63) is 82.0 Å². The number of furan rings is 1. The van der Waals surface area contributed by atoms with Gasteiger partial charge in [-0.15, -0.1) is 0 Å². The highest BCUT2D eigenvalue weighted by molar-refractivity contribution is 6.35. The van der Waals surface area contributed by atoms with E-state index in [-0.39, 0.29) is 17.7 Å². The minimum absolute atomic E-state index is 0.0259. The summed E-state index contributed by atoms with van der Waals surface area (Å²) in [6.45, 7) is 0. The summed E-state index contributed by atoms with van der Waals surface area (Å²) in [6, 6.07) is 18.8. The first-order valence-electron chi connectivity index (χ1n) is 8.55. The third-order valence-electron chi connectivity index (χ3n) is 4.54. The molecule has 1 amide bonds. The van der Waals surface area contributed by atoms with Crippen molar-refractivity contribution >= 4 is 35.3 Å². The van der Waals surface area contributed by atoms with Gasteiger partial charge >= 0.3 is 0 Å². The lowest BCUT2D eigenvalue weighted by Crippen LogP contribution is -2.20. The number of halogens is 2. The number of amides is 1. The second-order valence-corrected chi connectivity index (χ2v) is 7.26. The minimum atomic E-state index is -0.0789. The summed E-state index contributed by atoms with van der Waals surface area (Å²) < 4.78 is 5.71. The zero-order chi connectivity index (χ0) is 18.8. The van der Waals surface area contributed by atoms with E-state index in [0.29, 0.717) is 27.1 Å². The Labute approximate surface area is 166 Å². The smallest absolute Gasteiger partial charge is 0.243 e. The van der Waals surface area contributed by atoms with Crippen molar-refractivity contribution in [1.29, 1.82) is 0 Å². The molecule has 1 fully saturated rings. The molecule has 1 aromatic heterocycles. The van der Waals surface area contributed by atoms with E-state index in [1.807, 2.05) is 30.3 Å². The van der Waals surface area contributed by atoms with Crippen molar-refractivity contribution in [2.75, 3.05) is 0 Å². The molecule has 2 aromatic carbocycles. The van der Waals surface area contributed by atoms with E-state index in [1.165, 1.54) is 11.8 Å². The molecular weight excluding hydrogens is 383 g/mol. The van der Waals surface area contributed by atoms with E-state index in [2.05, 4.69) is 10.5 Å². The van der Waals surface area contributed by atoms with Gasteiger partial charge in [0.15, 0.2) is 0 Å². The van der Waals surface area contributed by atoms with Gasteiger partial charge in [-0.3, -0.25) is 4.79 Å². The molecule has 0 saturated heterocycles. The van der Waals surface area contributed by atoms with Crippen molar-refractivity contribution < 1.29 is 9.21 Å². The van der Waals surface area contributed by atoms with Gasteiger partial charge in [-0.2, -0.15) is 5.10 Å². The van der Waals surface area contributed by atoms with Crippen molar-refractivity contribution in [2.24, 2.45) is 11.0 Å². The maximum Gasteiger partial charge on any atom is 0.243 e. The maximum atomic E-state index is 12.2. The fourth-order valence-corrected chi connectivity index (χ4v) is 3.43. The van der Waals surface area contributed by atoms with Gasteiger partial charge in [0, 0.05) is 16.5 Å². The topological polar surface area (TPSA) is 54.6 Å². The SMILES string of the molecule is O=C(NN=Cc1ccc(-c2cc(Cl)ccc2Cl)o1)[C@H]1C[C@@H]1c1ccccc1. The Morgan fingerprint density at radius 3 is 2.74 bits per heavy atom. The van der Waals surface area contributed by atoms with Crippen LogP contribution in [0.4, 0.5) is 0 Å². The van der Waals surface area contributed by atoms with Crippen LogP contribution in [-0.4, -0.2) is 12.1 Å². The highest BCUT2D eigenvalue weighted by Gasteiger charge is 2.43. The molecule has 4 nitrogen and oxygen atoms in total. The van der Waals surface area contributed by atoms with Crippen molar-refractivity contribution in [2.45, 2.75) is 12.3 Å². The Morgan fingerprint density at radius 1 is 1.11 bits per heavy atom. The van der Waals surface area contributed by atoms with Crippen molar-refractivity contribution in [1.82, 2.24) is 5.43 Å². The summed E-state index contributed by atoms with van der Waals surface area (Å²) in [5.41, 5.74) is 4.48.